The maximum absolute atomic E-state index is 13.2. The van der Waals surface area contributed by atoms with Crippen molar-refractivity contribution in [3.05, 3.63) is 112 Å². The Morgan fingerprint density at radius 1 is 0.810 bits per heavy atom. The molecule has 1 saturated heterocycles. The van der Waals surface area contributed by atoms with E-state index in [1.807, 2.05) is 78.9 Å². The molecule has 3 N–H and O–H groups in total. The van der Waals surface area contributed by atoms with E-state index in [4.69, 9.17) is 18.9 Å². The zero-order chi connectivity index (χ0) is 44.9. The van der Waals surface area contributed by atoms with Crippen LogP contribution in [0.1, 0.15) is 128 Å². The Bertz CT molecular complexity index is 2180. The van der Waals surface area contributed by atoms with Gasteiger partial charge in [-0.15, -0.1) is 0 Å². The topological polar surface area (TPSA) is 150 Å². The number of anilines is 1. The second-order valence-corrected chi connectivity index (χ2v) is 18.2. The van der Waals surface area contributed by atoms with Crippen LogP contribution in [0.2, 0.25) is 0 Å². The lowest BCUT2D eigenvalue weighted by Crippen LogP contribution is -2.38. The number of aromatic amines is 1. The average Bonchev–Trinajstić information content (AvgIpc) is 3.87. The second kappa shape index (κ2) is 22.5. The van der Waals surface area contributed by atoms with Gasteiger partial charge in [0.05, 0.1) is 33.3 Å². The molecule has 3 aromatic carbocycles. The fourth-order valence-electron chi connectivity index (χ4n) is 8.91. The largest absolute Gasteiger partial charge is 0.497 e. The van der Waals surface area contributed by atoms with Gasteiger partial charge in [0.1, 0.15) is 29.4 Å². The van der Waals surface area contributed by atoms with Crippen LogP contribution in [0, 0.1) is 23.7 Å². The van der Waals surface area contributed by atoms with Gasteiger partial charge in [-0.05, 0) is 64.6 Å². The first-order valence-electron chi connectivity index (χ1n) is 23.0. The third-order valence-electron chi connectivity index (χ3n) is 12.6. The van der Waals surface area contributed by atoms with E-state index in [-0.39, 0.29) is 42.0 Å². The lowest BCUT2D eigenvalue weighted by Gasteiger charge is -2.37. The van der Waals surface area contributed by atoms with Crippen LogP contribution in [0.3, 0.4) is 0 Å². The molecule has 2 aromatic heterocycles. The number of hydrogen-bond acceptors (Lipinski definition) is 9. The molecule has 1 aliphatic rings. The number of hydrogen-bond donors (Lipinski definition) is 3. The Morgan fingerprint density at radius 3 is 1.90 bits per heavy atom. The SMILES string of the molecule is COc1ccc(C(OC[C@H]2O[C@@H](n3cnc4c(=O)[nH]c(NC(=O)CC(C)CCCC(C)CCCC(C)CCCC(C)C)nc43)C[C@@H]2O)(c2ccccc2)c2ccc(OC)cc2)cc1. The summed E-state index contributed by atoms with van der Waals surface area (Å²) in [6, 6.07) is 25.4. The monoisotopic (exact) mass is 864 g/mol. The number of amides is 1. The first-order valence-corrected chi connectivity index (χ1v) is 23.0. The number of carbonyl (C=O) groups excluding carboxylic acids is 1. The molecule has 3 heterocycles. The minimum absolute atomic E-state index is 0.0155. The highest BCUT2D eigenvalue weighted by atomic mass is 16.6. The standard InChI is InChI=1S/C51H69N5O7/c1-34(2)14-11-15-35(3)16-12-17-36(4)18-13-19-37(5)30-45(58)53-50-54-48-47(49(59)55-50)52-33-56(48)46-31-43(57)44(63-46)32-62-51(38-20-9-8-10-21-38,39-22-26-41(60-6)27-23-39)40-24-28-42(61-7)29-25-40/h8-10,20-29,33-37,43-44,46,57H,11-19,30-32H2,1-7H3,(H2,53,54,55,58,59)/t35?,36?,37?,43-,44+,46+/m0/s1. The van der Waals surface area contributed by atoms with Crippen LogP contribution in [-0.4, -0.2) is 63.6 Å². The number of rotatable bonds is 24. The van der Waals surface area contributed by atoms with Crippen LogP contribution in [0.5, 0.6) is 11.5 Å². The van der Waals surface area contributed by atoms with E-state index in [1.165, 1.54) is 44.9 Å². The number of methoxy groups -OCH3 is 2. The van der Waals surface area contributed by atoms with Crippen molar-refractivity contribution in [3.63, 3.8) is 0 Å². The number of H-pyrrole nitrogens is 1. The van der Waals surface area contributed by atoms with Gasteiger partial charge in [-0.25, -0.2) is 4.98 Å². The lowest BCUT2D eigenvalue weighted by atomic mass is 9.80. The van der Waals surface area contributed by atoms with Crippen molar-refractivity contribution in [2.45, 2.75) is 129 Å². The first kappa shape index (κ1) is 47.4. The van der Waals surface area contributed by atoms with Gasteiger partial charge >= 0.3 is 0 Å². The summed E-state index contributed by atoms with van der Waals surface area (Å²) in [6.45, 7) is 11.5. The van der Waals surface area contributed by atoms with Crippen molar-refractivity contribution in [3.8, 4) is 11.5 Å². The molecule has 63 heavy (non-hydrogen) atoms. The van der Waals surface area contributed by atoms with Gasteiger partial charge < -0.3 is 24.1 Å². The van der Waals surface area contributed by atoms with Gasteiger partial charge in [0.25, 0.3) is 5.56 Å². The fourth-order valence-corrected chi connectivity index (χ4v) is 8.91. The Balaban J connectivity index is 1.08. The van der Waals surface area contributed by atoms with Gasteiger partial charge in [-0.2, -0.15) is 4.98 Å². The van der Waals surface area contributed by atoms with Gasteiger partial charge in [-0.3, -0.25) is 24.5 Å². The van der Waals surface area contributed by atoms with Crippen molar-refractivity contribution in [2.24, 2.45) is 23.7 Å². The molecule has 340 valence electrons. The fraction of sp³-hybridized carbons (Fsp3) is 0.529. The summed E-state index contributed by atoms with van der Waals surface area (Å²) in [5, 5.41) is 14.3. The number of nitrogens with one attached hydrogen (secondary N) is 2. The number of imidazole rings is 1. The summed E-state index contributed by atoms with van der Waals surface area (Å²) in [7, 11) is 3.26. The number of carbonyl (C=O) groups is 1. The number of ether oxygens (including phenoxy) is 4. The van der Waals surface area contributed by atoms with E-state index < -0.39 is 29.6 Å². The van der Waals surface area contributed by atoms with Crippen LogP contribution in [-0.2, 0) is 19.9 Å². The molecule has 1 fully saturated rings. The highest BCUT2D eigenvalue weighted by Crippen LogP contribution is 2.43. The number of aliphatic hydroxyl groups excluding tert-OH is 1. The summed E-state index contributed by atoms with van der Waals surface area (Å²) in [6.07, 6.45) is 10.7. The van der Waals surface area contributed by atoms with Crippen molar-refractivity contribution in [1.82, 2.24) is 19.5 Å². The summed E-state index contributed by atoms with van der Waals surface area (Å²) in [4.78, 5) is 38.0. The van der Waals surface area contributed by atoms with E-state index in [9.17, 15) is 14.7 Å². The van der Waals surface area contributed by atoms with Crippen LogP contribution >= 0.6 is 0 Å². The molecular formula is C51H69N5O7. The number of aromatic nitrogens is 4. The number of aliphatic hydroxyl groups is 1. The molecule has 6 rings (SSSR count). The number of nitrogens with zero attached hydrogens (tertiary/aromatic N) is 3. The molecule has 0 aliphatic carbocycles. The third-order valence-corrected chi connectivity index (χ3v) is 12.6. The highest BCUT2D eigenvalue weighted by molar-refractivity contribution is 5.89. The molecule has 3 unspecified atom stereocenters. The van der Waals surface area contributed by atoms with Crippen LogP contribution < -0.4 is 20.3 Å². The van der Waals surface area contributed by atoms with E-state index in [0.29, 0.717) is 23.8 Å². The van der Waals surface area contributed by atoms with E-state index in [2.05, 4.69) is 54.9 Å². The van der Waals surface area contributed by atoms with Crippen LogP contribution in [0.4, 0.5) is 5.95 Å². The summed E-state index contributed by atoms with van der Waals surface area (Å²) < 4.78 is 26.1. The molecule has 0 saturated carbocycles. The molecule has 1 aliphatic heterocycles. The van der Waals surface area contributed by atoms with Gasteiger partial charge in [0.15, 0.2) is 11.2 Å². The summed E-state index contributed by atoms with van der Waals surface area (Å²) in [5.74, 6) is 3.69. The Kier molecular flexibility index (Phi) is 17.0. The highest BCUT2D eigenvalue weighted by Gasteiger charge is 2.42. The minimum Gasteiger partial charge on any atom is -0.497 e. The maximum atomic E-state index is 13.2. The van der Waals surface area contributed by atoms with Gasteiger partial charge in [0, 0.05) is 12.8 Å². The van der Waals surface area contributed by atoms with Crippen molar-refractivity contribution in [2.75, 3.05) is 26.1 Å². The van der Waals surface area contributed by atoms with Crippen molar-refractivity contribution < 1.29 is 28.8 Å². The molecule has 12 nitrogen and oxygen atoms in total. The summed E-state index contributed by atoms with van der Waals surface area (Å²) >= 11 is 0. The Hall–Kier alpha value is -5.04. The summed E-state index contributed by atoms with van der Waals surface area (Å²) in [5.41, 5.74) is 1.35. The van der Waals surface area contributed by atoms with Crippen molar-refractivity contribution >= 4 is 23.0 Å². The normalized spacial score (nSPS) is 18.1. The maximum Gasteiger partial charge on any atom is 0.280 e. The van der Waals surface area contributed by atoms with E-state index in [0.717, 1.165) is 47.8 Å². The first-order chi connectivity index (χ1) is 30.4. The second-order valence-electron chi connectivity index (χ2n) is 18.2. The molecule has 0 bridgehead atoms. The minimum atomic E-state index is -1.11. The Morgan fingerprint density at radius 2 is 1.35 bits per heavy atom. The van der Waals surface area contributed by atoms with Crippen LogP contribution in [0.15, 0.2) is 90.0 Å². The average molecular weight is 864 g/mol. The van der Waals surface area contributed by atoms with Gasteiger partial charge in [0.2, 0.25) is 11.9 Å². The van der Waals surface area contributed by atoms with Crippen molar-refractivity contribution in [1.29, 1.82) is 0 Å². The predicted octanol–water partition coefficient (Wildman–Crippen LogP) is 10.2. The molecular weight excluding hydrogens is 795 g/mol. The molecule has 5 aromatic rings. The molecule has 0 spiro atoms. The van der Waals surface area contributed by atoms with E-state index >= 15 is 0 Å². The predicted molar refractivity (Wildman–Crippen MR) is 248 cm³/mol. The number of fused-ring (bicyclic) bond motifs is 1. The lowest BCUT2D eigenvalue weighted by molar-refractivity contribution is -0.117. The Labute approximate surface area is 373 Å². The molecule has 0 radical (unpaired) electrons. The van der Waals surface area contributed by atoms with E-state index in [1.54, 1.807) is 18.8 Å². The molecule has 1 amide bonds. The zero-order valence-electron chi connectivity index (χ0n) is 38.3. The third kappa shape index (κ3) is 12.4. The molecule has 6 atom stereocenters. The zero-order valence-corrected chi connectivity index (χ0v) is 38.3. The van der Waals surface area contributed by atoms with Gasteiger partial charge in [-0.1, -0.05) is 147 Å². The molecule has 12 heteroatoms. The number of benzene rings is 3. The van der Waals surface area contributed by atoms with Crippen LogP contribution in [0.25, 0.3) is 11.2 Å². The quantitative estimate of drug-likeness (QED) is 0.0515. The smallest absolute Gasteiger partial charge is 0.280 e.